The molecule has 3 rings (SSSR count). The van der Waals surface area contributed by atoms with Gasteiger partial charge >= 0.3 is 12.1 Å². The lowest BCUT2D eigenvalue weighted by Crippen LogP contribution is -2.48. The van der Waals surface area contributed by atoms with Crippen LogP contribution in [0, 0.1) is 0 Å². The van der Waals surface area contributed by atoms with Crippen molar-refractivity contribution in [3.05, 3.63) is 72.1 Å². The van der Waals surface area contributed by atoms with Gasteiger partial charge in [0.2, 0.25) is 5.60 Å². The van der Waals surface area contributed by atoms with Crippen LogP contribution in [0.15, 0.2) is 60.9 Å². The Bertz CT molecular complexity index is 741. The Labute approximate surface area is 130 Å². The van der Waals surface area contributed by atoms with E-state index in [1.54, 1.807) is 18.2 Å². The number of esters is 1. The Kier molecular flexibility index (Phi) is 3.67. The van der Waals surface area contributed by atoms with Gasteiger partial charge in [0, 0.05) is 30.5 Å². The summed E-state index contributed by atoms with van der Waals surface area (Å²) >= 11 is 0. The molecule has 1 aromatic heterocycles. The second-order valence-corrected chi connectivity index (χ2v) is 5.20. The Morgan fingerprint density at radius 3 is 2.43 bits per heavy atom. The molecule has 0 aliphatic carbocycles. The summed E-state index contributed by atoms with van der Waals surface area (Å²) in [4.78, 5) is 15.8. The fraction of sp³-hybridized carbons (Fsp3) is 0.176. The molecular formula is C17H12F3NO2. The molecule has 0 N–H and O–H groups in total. The summed E-state index contributed by atoms with van der Waals surface area (Å²) in [7, 11) is 0. The molecule has 2 heterocycles. The molecule has 0 spiro atoms. The number of hydrogen-bond acceptors (Lipinski definition) is 3. The van der Waals surface area contributed by atoms with Crippen LogP contribution in [0.3, 0.4) is 0 Å². The standard InChI is InChI=1S/C17H12F3NO2/c18-17(19,20)16(14-6-2-1-3-7-14)10-13(9-15(22)23-16)12-5-4-8-21-11-12/h1-9,11H,10H2/t16-/m1/s1. The number of alkyl halides is 3. The topological polar surface area (TPSA) is 39.2 Å². The monoisotopic (exact) mass is 319 g/mol. The second-order valence-electron chi connectivity index (χ2n) is 5.20. The largest absolute Gasteiger partial charge is 0.441 e. The van der Waals surface area contributed by atoms with Crippen molar-refractivity contribution in [3.8, 4) is 0 Å². The van der Waals surface area contributed by atoms with Crippen LogP contribution in [-0.4, -0.2) is 17.1 Å². The van der Waals surface area contributed by atoms with E-state index >= 15 is 0 Å². The van der Waals surface area contributed by atoms with Gasteiger partial charge in [-0.2, -0.15) is 13.2 Å². The number of carbonyl (C=O) groups is 1. The van der Waals surface area contributed by atoms with E-state index in [4.69, 9.17) is 4.74 Å². The van der Waals surface area contributed by atoms with Gasteiger partial charge in [0.25, 0.3) is 0 Å². The maximum absolute atomic E-state index is 13.8. The van der Waals surface area contributed by atoms with Crippen LogP contribution in [0.5, 0.6) is 0 Å². The van der Waals surface area contributed by atoms with Crippen LogP contribution in [0.25, 0.3) is 5.57 Å². The van der Waals surface area contributed by atoms with Crippen molar-refractivity contribution in [1.29, 1.82) is 0 Å². The highest BCUT2D eigenvalue weighted by atomic mass is 19.4. The van der Waals surface area contributed by atoms with E-state index in [1.807, 2.05) is 0 Å². The number of carbonyl (C=O) groups excluding carboxylic acids is 1. The first-order chi connectivity index (χ1) is 10.9. The second kappa shape index (κ2) is 5.53. The number of hydrogen-bond donors (Lipinski definition) is 0. The summed E-state index contributed by atoms with van der Waals surface area (Å²) in [6.45, 7) is 0. The van der Waals surface area contributed by atoms with Crippen LogP contribution >= 0.6 is 0 Å². The molecule has 6 heteroatoms. The zero-order chi connectivity index (χ0) is 16.5. The average Bonchev–Trinajstić information content (AvgIpc) is 2.55. The molecular weight excluding hydrogens is 307 g/mol. The maximum Gasteiger partial charge on any atom is 0.433 e. The normalized spacial score (nSPS) is 21.5. The van der Waals surface area contributed by atoms with Crippen LogP contribution in [-0.2, 0) is 15.1 Å². The van der Waals surface area contributed by atoms with Crippen molar-refractivity contribution in [2.75, 3.05) is 0 Å². The van der Waals surface area contributed by atoms with E-state index in [1.165, 1.54) is 36.7 Å². The molecule has 0 amide bonds. The summed E-state index contributed by atoms with van der Waals surface area (Å²) in [5.74, 6) is -1.02. The third-order valence-corrected chi connectivity index (χ3v) is 3.74. The van der Waals surface area contributed by atoms with Gasteiger partial charge in [0.1, 0.15) is 0 Å². The van der Waals surface area contributed by atoms with Crippen molar-refractivity contribution >= 4 is 11.5 Å². The Morgan fingerprint density at radius 1 is 1.09 bits per heavy atom. The summed E-state index contributed by atoms with van der Waals surface area (Å²) in [5, 5.41) is 0. The van der Waals surface area contributed by atoms with Gasteiger partial charge in [-0.1, -0.05) is 36.4 Å². The van der Waals surface area contributed by atoms with Gasteiger partial charge < -0.3 is 4.74 Å². The fourth-order valence-electron chi connectivity index (χ4n) is 2.63. The van der Waals surface area contributed by atoms with Crippen molar-refractivity contribution in [2.45, 2.75) is 18.2 Å². The fourth-order valence-corrected chi connectivity index (χ4v) is 2.63. The van der Waals surface area contributed by atoms with E-state index in [2.05, 4.69) is 4.98 Å². The lowest BCUT2D eigenvalue weighted by Gasteiger charge is -2.38. The van der Waals surface area contributed by atoms with Crippen LogP contribution < -0.4 is 0 Å². The van der Waals surface area contributed by atoms with E-state index < -0.39 is 24.2 Å². The van der Waals surface area contributed by atoms with Gasteiger partial charge in [0.05, 0.1) is 0 Å². The Hall–Kier alpha value is -2.63. The van der Waals surface area contributed by atoms with Crippen LogP contribution in [0.4, 0.5) is 13.2 Å². The van der Waals surface area contributed by atoms with E-state index in [0.717, 1.165) is 6.08 Å². The molecule has 1 atom stereocenters. The third-order valence-electron chi connectivity index (χ3n) is 3.74. The Balaban J connectivity index is 2.12. The molecule has 1 aliphatic rings. The Morgan fingerprint density at radius 2 is 1.83 bits per heavy atom. The molecule has 0 fully saturated rings. The third kappa shape index (κ3) is 2.72. The molecule has 0 radical (unpaired) electrons. The predicted octanol–water partition coefficient (Wildman–Crippen LogP) is 3.87. The molecule has 3 nitrogen and oxygen atoms in total. The molecule has 0 saturated heterocycles. The summed E-state index contributed by atoms with van der Waals surface area (Å²) in [6, 6.07) is 10.4. The summed E-state index contributed by atoms with van der Waals surface area (Å²) < 4.78 is 46.3. The molecule has 118 valence electrons. The highest BCUT2D eigenvalue weighted by Gasteiger charge is 2.60. The number of aromatic nitrogens is 1. The quantitative estimate of drug-likeness (QED) is 0.789. The number of nitrogens with zero attached hydrogens (tertiary/aromatic N) is 1. The van der Waals surface area contributed by atoms with Crippen LogP contribution in [0.2, 0.25) is 0 Å². The van der Waals surface area contributed by atoms with Gasteiger partial charge in [-0.15, -0.1) is 0 Å². The lowest BCUT2D eigenvalue weighted by molar-refractivity contribution is -0.274. The SMILES string of the molecule is O=C1C=C(c2cccnc2)C[C@@](c2ccccc2)(C(F)(F)F)O1. The van der Waals surface area contributed by atoms with Gasteiger partial charge in [-0.05, 0) is 17.2 Å². The number of cyclic esters (lactones) is 1. The number of pyridine rings is 1. The molecule has 0 unspecified atom stereocenters. The molecule has 0 bridgehead atoms. The number of ether oxygens (including phenoxy) is 1. The average molecular weight is 319 g/mol. The zero-order valence-electron chi connectivity index (χ0n) is 11.9. The molecule has 23 heavy (non-hydrogen) atoms. The molecule has 1 aliphatic heterocycles. The van der Waals surface area contributed by atoms with Gasteiger partial charge in [0.15, 0.2) is 0 Å². The number of benzene rings is 1. The molecule has 0 saturated carbocycles. The number of rotatable bonds is 2. The molecule has 2 aromatic rings. The first kappa shape index (κ1) is 15.3. The van der Waals surface area contributed by atoms with E-state index in [0.29, 0.717) is 5.56 Å². The van der Waals surface area contributed by atoms with Crippen molar-refractivity contribution < 1.29 is 22.7 Å². The molecule has 1 aromatic carbocycles. The summed E-state index contributed by atoms with van der Waals surface area (Å²) in [5.41, 5.74) is -2.08. The zero-order valence-corrected chi connectivity index (χ0v) is 11.9. The maximum atomic E-state index is 13.8. The minimum atomic E-state index is -4.74. The highest BCUT2D eigenvalue weighted by molar-refractivity contribution is 5.93. The van der Waals surface area contributed by atoms with Gasteiger partial charge in [-0.25, -0.2) is 4.79 Å². The highest BCUT2D eigenvalue weighted by Crippen LogP contribution is 2.50. The van der Waals surface area contributed by atoms with E-state index in [9.17, 15) is 18.0 Å². The number of halogens is 3. The van der Waals surface area contributed by atoms with Crippen LogP contribution in [0.1, 0.15) is 17.5 Å². The van der Waals surface area contributed by atoms with Crippen molar-refractivity contribution in [3.63, 3.8) is 0 Å². The first-order valence-corrected chi connectivity index (χ1v) is 6.88. The summed E-state index contributed by atoms with van der Waals surface area (Å²) in [6.07, 6.45) is -1.20. The van der Waals surface area contributed by atoms with E-state index in [-0.39, 0.29) is 11.1 Å². The van der Waals surface area contributed by atoms with Crippen molar-refractivity contribution in [2.24, 2.45) is 0 Å². The smallest absolute Gasteiger partial charge is 0.433 e. The predicted molar refractivity (Wildman–Crippen MR) is 77.1 cm³/mol. The minimum absolute atomic E-state index is 0.102. The minimum Gasteiger partial charge on any atom is -0.441 e. The van der Waals surface area contributed by atoms with Gasteiger partial charge in [-0.3, -0.25) is 4.98 Å². The first-order valence-electron chi connectivity index (χ1n) is 6.88. The lowest BCUT2D eigenvalue weighted by atomic mass is 9.82. The van der Waals surface area contributed by atoms with Crippen molar-refractivity contribution in [1.82, 2.24) is 4.98 Å².